The van der Waals surface area contributed by atoms with Crippen LogP contribution in [0.15, 0.2) is 4.99 Å². The lowest BCUT2D eigenvalue weighted by molar-refractivity contribution is -0.138. The molecule has 0 spiro atoms. The molecule has 18 heavy (non-hydrogen) atoms. The first-order chi connectivity index (χ1) is 8.34. The number of nitrogens with two attached hydrogens (primary N) is 1. The van der Waals surface area contributed by atoms with Gasteiger partial charge >= 0.3 is 11.9 Å². The van der Waals surface area contributed by atoms with Crippen molar-refractivity contribution in [1.82, 2.24) is 0 Å². The van der Waals surface area contributed by atoms with E-state index >= 15 is 0 Å². The van der Waals surface area contributed by atoms with Gasteiger partial charge in [0.2, 0.25) is 0 Å². The molecular formula is C11H18N2O5. The highest BCUT2D eigenvalue weighted by Crippen LogP contribution is 2.00. The Hall–Kier alpha value is -1.76. The van der Waals surface area contributed by atoms with Crippen molar-refractivity contribution in [1.29, 1.82) is 0 Å². The zero-order valence-electron chi connectivity index (χ0n) is 10.3. The fraction of sp³-hybridized carbons (Fsp3) is 0.636. The number of aliphatic imine (C=N–C) groups is 1. The summed E-state index contributed by atoms with van der Waals surface area (Å²) in [5.74, 6) is -2.52. The van der Waals surface area contributed by atoms with Crippen molar-refractivity contribution < 1.29 is 24.6 Å². The molecule has 0 amide bonds. The maximum absolute atomic E-state index is 10.8. The number of hydrogen-bond acceptors (Lipinski definition) is 5. The molecule has 0 bridgehead atoms. The highest BCUT2D eigenvalue weighted by Gasteiger charge is 2.12. The van der Waals surface area contributed by atoms with Gasteiger partial charge in [-0.1, -0.05) is 0 Å². The molecule has 0 radical (unpaired) electrons. The summed E-state index contributed by atoms with van der Waals surface area (Å²) in [4.78, 5) is 35.7. The van der Waals surface area contributed by atoms with Crippen LogP contribution in [0.4, 0.5) is 0 Å². The summed E-state index contributed by atoms with van der Waals surface area (Å²) < 4.78 is 0. The Bertz CT molecular complexity index is 351. The maximum Gasteiger partial charge on any atom is 0.350 e. The summed E-state index contributed by atoms with van der Waals surface area (Å²) in [5, 5.41) is 17.3. The second kappa shape index (κ2) is 8.35. The molecule has 7 nitrogen and oxygen atoms in total. The Kier molecular flexibility index (Phi) is 7.53. The highest BCUT2D eigenvalue weighted by molar-refractivity contribution is 6.38. The predicted molar refractivity (Wildman–Crippen MR) is 64.7 cm³/mol. The van der Waals surface area contributed by atoms with Gasteiger partial charge in [-0.2, -0.15) is 0 Å². The third-order valence-corrected chi connectivity index (χ3v) is 2.21. The van der Waals surface area contributed by atoms with Crippen LogP contribution in [-0.4, -0.2) is 46.2 Å². The van der Waals surface area contributed by atoms with E-state index < -0.39 is 18.0 Å². The molecule has 0 aromatic rings. The van der Waals surface area contributed by atoms with Crippen LogP contribution in [0, 0.1) is 0 Å². The topological polar surface area (TPSA) is 130 Å². The SMILES string of the molecule is CC(=O)CC(=NCCCC[C@H](N)C(=O)O)C(=O)O. The smallest absolute Gasteiger partial charge is 0.350 e. The molecule has 102 valence electrons. The summed E-state index contributed by atoms with van der Waals surface area (Å²) in [7, 11) is 0. The number of rotatable bonds is 9. The summed E-state index contributed by atoms with van der Waals surface area (Å²) in [6.07, 6.45) is 1.21. The first-order valence-electron chi connectivity index (χ1n) is 5.59. The van der Waals surface area contributed by atoms with E-state index in [0.717, 1.165) is 0 Å². The molecule has 1 atom stereocenters. The number of carbonyl (C=O) groups excluding carboxylic acids is 1. The third kappa shape index (κ3) is 7.50. The van der Waals surface area contributed by atoms with Gasteiger partial charge in [-0.05, 0) is 26.2 Å². The quantitative estimate of drug-likeness (QED) is 0.396. The van der Waals surface area contributed by atoms with Gasteiger partial charge in [0.25, 0.3) is 0 Å². The van der Waals surface area contributed by atoms with Crippen molar-refractivity contribution in [2.24, 2.45) is 10.7 Å². The Morgan fingerprint density at radius 2 is 1.83 bits per heavy atom. The van der Waals surface area contributed by atoms with E-state index in [1.54, 1.807) is 0 Å². The number of unbranched alkanes of at least 4 members (excludes halogenated alkanes) is 1. The lowest BCUT2D eigenvalue weighted by atomic mass is 10.1. The van der Waals surface area contributed by atoms with Crippen LogP contribution >= 0.6 is 0 Å². The average Bonchev–Trinajstić information content (AvgIpc) is 2.25. The molecule has 7 heteroatoms. The standard InChI is InChI=1S/C11H18N2O5/c1-7(14)6-9(11(17)18)13-5-3-2-4-8(12)10(15)16/h8H,2-6,12H2,1H3,(H,15,16)(H,17,18)/t8-/m0/s1. The Balaban J connectivity index is 4.01. The molecule has 0 aliphatic carbocycles. The second-order valence-corrected chi connectivity index (χ2v) is 3.95. The van der Waals surface area contributed by atoms with Gasteiger partial charge in [-0.3, -0.25) is 14.6 Å². The third-order valence-electron chi connectivity index (χ3n) is 2.21. The van der Waals surface area contributed by atoms with Crippen LogP contribution in [0.25, 0.3) is 0 Å². The minimum Gasteiger partial charge on any atom is -0.480 e. The number of aliphatic carboxylic acids is 2. The van der Waals surface area contributed by atoms with E-state index in [9.17, 15) is 14.4 Å². The van der Waals surface area contributed by atoms with Crippen molar-refractivity contribution in [3.8, 4) is 0 Å². The van der Waals surface area contributed by atoms with Crippen LogP contribution in [0.2, 0.25) is 0 Å². The number of Topliss-reactive ketones (excluding diaryl/α,β-unsaturated/α-hetero) is 1. The van der Waals surface area contributed by atoms with E-state index in [1.165, 1.54) is 6.92 Å². The summed E-state index contributed by atoms with van der Waals surface area (Å²) in [6, 6.07) is -0.898. The predicted octanol–water partition coefficient (Wildman–Crippen LogP) is 0.0733. The average molecular weight is 258 g/mol. The van der Waals surface area contributed by atoms with Crippen LogP contribution in [0.3, 0.4) is 0 Å². The second-order valence-electron chi connectivity index (χ2n) is 3.95. The van der Waals surface area contributed by atoms with Gasteiger partial charge in [0, 0.05) is 6.54 Å². The van der Waals surface area contributed by atoms with Gasteiger partial charge in [0.05, 0.1) is 6.42 Å². The van der Waals surface area contributed by atoms with E-state index in [2.05, 4.69) is 4.99 Å². The first kappa shape index (κ1) is 16.2. The molecule has 0 saturated heterocycles. The largest absolute Gasteiger partial charge is 0.480 e. The molecule has 0 fully saturated rings. The van der Waals surface area contributed by atoms with Crippen molar-refractivity contribution >= 4 is 23.4 Å². The zero-order chi connectivity index (χ0) is 14.1. The molecule has 0 aromatic heterocycles. The van der Waals surface area contributed by atoms with Crippen molar-refractivity contribution in [3.63, 3.8) is 0 Å². The van der Waals surface area contributed by atoms with Crippen molar-refractivity contribution in [2.75, 3.05) is 6.54 Å². The molecule has 0 unspecified atom stereocenters. The Labute approximate surface area is 105 Å². The number of ketones is 1. The summed E-state index contributed by atoms with van der Waals surface area (Å²) in [6.45, 7) is 1.55. The minimum atomic E-state index is -1.20. The highest BCUT2D eigenvalue weighted by atomic mass is 16.4. The molecule has 0 heterocycles. The number of hydrogen-bond donors (Lipinski definition) is 3. The van der Waals surface area contributed by atoms with Gasteiger partial charge in [-0.15, -0.1) is 0 Å². The summed E-state index contributed by atoms with van der Waals surface area (Å²) in [5.41, 5.74) is 5.14. The monoisotopic (exact) mass is 258 g/mol. The van der Waals surface area contributed by atoms with Crippen LogP contribution in [0.1, 0.15) is 32.6 Å². The Morgan fingerprint density at radius 3 is 2.28 bits per heavy atom. The molecule has 0 aromatic carbocycles. The Morgan fingerprint density at radius 1 is 1.22 bits per heavy atom. The lowest BCUT2D eigenvalue weighted by Crippen LogP contribution is -2.29. The van der Waals surface area contributed by atoms with Crippen molar-refractivity contribution in [3.05, 3.63) is 0 Å². The van der Waals surface area contributed by atoms with E-state index in [1.807, 2.05) is 0 Å². The molecule has 0 aliphatic heterocycles. The minimum absolute atomic E-state index is 0.162. The van der Waals surface area contributed by atoms with Gasteiger partial charge in [0.1, 0.15) is 17.5 Å². The fourth-order valence-electron chi connectivity index (χ4n) is 1.25. The number of nitrogens with zero attached hydrogens (tertiary/aromatic N) is 1. The maximum atomic E-state index is 10.8. The zero-order valence-corrected chi connectivity index (χ0v) is 10.3. The van der Waals surface area contributed by atoms with Crippen LogP contribution in [-0.2, 0) is 14.4 Å². The number of carboxylic acid groups (broad SMARTS) is 2. The molecule has 0 rings (SSSR count). The normalized spacial score (nSPS) is 13.1. The molecule has 0 saturated carbocycles. The molecular weight excluding hydrogens is 240 g/mol. The van der Waals surface area contributed by atoms with E-state index in [0.29, 0.717) is 19.3 Å². The fourth-order valence-corrected chi connectivity index (χ4v) is 1.25. The van der Waals surface area contributed by atoms with Gasteiger partial charge < -0.3 is 15.9 Å². The van der Waals surface area contributed by atoms with Crippen LogP contribution < -0.4 is 5.73 Å². The first-order valence-corrected chi connectivity index (χ1v) is 5.59. The van der Waals surface area contributed by atoms with E-state index in [4.69, 9.17) is 15.9 Å². The lowest BCUT2D eigenvalue weighted by Gasteiger charge is -2.04. The molecule has 0 aliphatic rings. The van der Waals surface area contributed by atoms with Gasteiger partial charge in [0.15, 0.2) is 0 Å². The number of carboxylic acids is 2. The summed E-state index contributed by atoms with van der Waals surface area (Å²) >= 11 is 0. The van der Waals surface area contributed by atoms with Crippen LogP contribution in [0.5, 0.6) is 0 Å². The number of carbonyl (C=O) groups is 3. The van der Waals surface area contributed by atoms with Crippen molar-refractivity contribution in [2.45, 2.75) is 38.6 Å². The van der Waals surface area contributed by atoms with Gasteiger partial charge in [-0.25, -0.2) is 4.79 Å². The molecule has 4 N–H and O–H groups in total. The van der Waals surface area contributed by atoms with E-state index in [-0.39, 0.29) is 24.5 Å².